The maximum atomic E-state index is 11.4. The van der Waals surface area contributed by atoms with E-state index in [1.807, 2.05) is 18.2 Å². The lowest BCUT2D eigenvalue weighted by molar-refractivity contribution is -0.00436. The fraction of sp³-hybridized carbons (Fsp3) is 0.286. The van der Waals surface area contributed by atoms with Gasteiger partial charge < -0.3 is 15.8 Å². The number of thiophene rings is 1. The third kappa shape index (κ3) is 4.61. The van der Waals surface area contributed by atoms with E-state index in [2.05, 4.69) is 51.6 Å². The number of amides is 2. The Hall–Kier alpha value is -2.81. The molecule has 1 fully saturated rings. The highest BCUT2D eigenvalue weighted by molar-refractivity contribution is 7.19. The average Bonchev–Trinajstić information content (AvgIpc) is 3.14. The minimum absolute atomic E-state index is 0.428. The van der Waals surface area contributed by atoms with Crippen LogP contribution in [-0.4, -0.2) is 46.9 Å². The van der Waals surface area contributed by atoms with Crippen molar-refractivity contribution in [2.45, 2.75) is 19.5 Å². The summed E-state index contributed by atoms with van der Waals surface area (Å²) in [7, 11) is 0. The van der Waals surface area contributed by atoms with E-state index in [0.717, 1.165) is 41.6 Å². The summed E-state index contributed by atoms with van der Waals surface area (Å²) >= 11 is 1.55. The first-order chi connectivity index (χ1) is 14.1. The number of nitrogens with one attached hydrogen (secondary N) is 1. The fourth-order valence-corrected chi connectivity index (χ4v) is 4.46. The molecular weight excluding hydrogens is 386 g/mol. The van der Waals surface area contributed by atoms with Gasteiger partial charge in [0.25, 0.3) is 0 Å². The predicted molar refractivity (Wildman–Crippen MR) is 115 cm³/mol. The van der Waals surface area contributed by atoms with Crippen molar-refractivity contribution in [2.75, 3.05) is 25.1 Å². The van der Waals surface area contributed by atoms with Gasteiger partial charge in [0.05, 0.1) is 23.8 Å². The number of nitrogens with two attached hydrogens (primary N) is 1. The Morgan fingerprint density at radius 2 is 2.17 bits per heavy atom. The second kappa shape index (κ2) is 8.69. The summed E-state index contributed by atoms with van der Waals surface area (Å²) in [6.45, 7) is 5.64. The van der Waals surface area contributed by atoms with Gasteiger partial charge in [-0.05, 0) is 36.2 Å². The Kier molecular flexibility index (Phi) is 5.84. The van der Waals surface area contributed by atoms with Crippen molar-refractivity contribution in [3.8, 4) is 21.0 Å². The molecule has 4 rings (SSSR count). The van der Waals surface area contributed by atoms with Crippen LogP contribution in [0, 0.1) is 0 Å². The van der Waals surface area contributed by atoms with Crippen molar-refractivity contribution >= 4 is 23.1 Å². The first-order valence-corrected chi connectivity index (χ1v) is 10.3. The summed E-state index contributed by atoms with van der Waals surface area (Å²) in [6.07, 6.45) is 1.62. The van der Waals surface area contributed by atoms with Gasteiger partial charge in [0.2, 0.25) is 0 Å². The molecule has 1 saturated heterocycles. The Labute approximate surface area is 173 Å². The number of carbonyl (C=O) groups is 1. The van der Waals surface area contributed by atoms with E-state index < -0.39 is 6.03 Å². The average molecular weight is 410 g/mol. The number of morpholine rings is 1. The van der Waals surface area contributed by atoms with Crippen LogP contribution in [0.5, 0.6) is 0 Å². The number of primary amides is 1. The van der Waals surface area contributed by atoms with Crippen LogP contribution >= 0.6 is 11.3 Å². The first-order valence-electron chi connectivity index (χ1n) is 9.49. The molecule has 7 nitrogen and oxygen atoms in total. The summed E-state index contributed by atoms with van der Waals surface area (Å²) < 4.78 is 5.52. The summed E-state index contributed by atoms with van der Waals surface area (Å²) in [6, 6.07) is 14.0. The van der Waals surface area contributed by atoms with E-state index in [4.69, 9.17) is 10.5 Å². The maximum Gasteiger partial charge on any atom is 0.316 e. The lowest BCUT2D eigenvalue weighted by Crippen LogP contribution is -2.42. The highest BCUT2D eigenvalue weighted by Crippen LogP contribution is 2.40. The standard InChI is InChI=1S/C21H23N5O2S/c1-14-13-28-10-9-26(14)12-15-4-6-16(7-5-15)19-11-18(24-21(22)27)20(29-19)17-3-2-8-23-25-17/h2-8,11,14H,9-10,12-13H2,1H3,(H3,22,24,27)/t14-/m0/s1. The Bertz CT molecular complexity index is 974. The Morgan fingerprint density at radius 3 is 2.86 bits per heavy atom. The molecule has 0 radical (unpaired) electrons. The molecule has 29 heavy (non-hydrogen) atoms. The van der Waals surface area contributed by atoms with Gasteiger partial charge in [0.1, 0.15) is 5.69 Å². The van der Waals surface area contributed by atoms with Gasteiger partial charge in [-0.3, -0.25) is 4.90 Å². The lowest BCUT2D eigenvalue weighted by Gasteiger charge is -2.33. The monoisotopic (exact) mass is 409 g/mol. The maximum absolute atomic E-state index is 11.4. The predicted octanol–water partition coefficient (Wildman–Crippen LogP) is 3.58. The molecule has 1 aromatic carbocycles. The van der Waals surface area contributed by atoms with E-state index in [9.17, 15) is 4.79 Å². The smallest absolute Gasteiger partial charge is 0.316 e. The number of ether oxygens (including phenoxy) is 1. The minimum atomic E-state index is -0.602. The number of hydrogen-bond donors (Lipinski definition) is 2. The molecule has 0 spiro atoms. The van der Waals surface area contributed by atoms with Crippen LogP contribution < -0.4 is 11.1 Å². The fourth-order valence-electron chi connectivity index (χ4n) is 3.38. The molecule has 3 aromatic rings. The molecule has 1 aliphatic rings. The summed E-state index contributed by atoms with van der Waals surface area (Å²) in [5.74, 6) is 0. The minimum Gasteiger partial charge on any atom is -0.379 e. The second-order valence-electron chi connectivity index (χ2n) is 7.04. The van der Waals surface area contributed by atoms with E-state index in [1.54, 1.807) is 17.5 Å². The van der Waals surface area contributed by atoms with E-state index >= 15 is 0 Å². The van der Waals surface area contributed by atoms with Crippen LogP contribution in [0.4, 0.5) is 10.5 Å². The van der Waals surface area contributed by atoms with Crippen LogP contribution in [0.15, 0.2) is 48.7 Å². The normalized spacial score (nSPS) is 17.2. The molecule has 0 unspecified atom stereocenters. The van der Waals surface area contributed by atoms with Gasteiger partial charge in [-0.2, -0.15) is 5.10 Å². The van der Waals surface area contributed by atoms with Crippen molar-refractivity contribution in [1.29, 1.82) is 0 Å². The van der Waals surface area contributed by atoms with Crippen molar-refractivity contribution in [2.24, 2.45) is 5.73 Å². The van der Waals surface area contributed by atoms with Crippen molar-refractivity contribution in [3.05, 3.63) is 54.2 Å². The van der Waals surface area contributed by atoms with Crippen LogP contribution in [0.3, 0.4) is 0 Å². The molecular formula is C21H23N5O2S. The number of hydrogen-bond acceptors (Lipinski definition) is 6. The molecule has 0 saturated carbocycles. The largest absolute Gasteiger partial charge is 0.379 e. The number of aromatic nitrogens is 2. The number of rotatable bonds is 5. The SMILES string of the molecule is C[C@H]1COCCN1Cc1ccc(-c2cc(NC(N)=O)c(-c3cccnn3)s2)cc1. The van der Waals surface area contributed by atoms with E-state index in [0.29, 0.717) is 17.4 Å². The second-order valence-corrected chi connectivity index (χ2v) is 8.10. The molecule has 3 heterocycles. The third-order valence-electron chi connectivity index (χ3n) is 4.92. The van der Waals surface area contributed by atoms with Gasteiger partial charge >= 0.3 is 6.03 Å². The molecule has 3 N–H and O–H groups in total. The summed E-state index contributed by atoms with van der Waals surface area (Å²) in [4.78, 5) is 15.7. The van der Waals surface area contributed by atoms with Crippen LogP contribution in [0.25, 0.3) is 21.0 Å². The van der Waals surface area contributed by atoms with Crippen LogP contribution in [0.1, 0.15) is 12.5 Å². The molecule has 8 heteroatoms. The molecule has 150 valence electrons. The summed E-state index contributed by atoms with van der Waals surface area (Å²) in [5.41, 5.74) is 9.03. The van der Waals surface area contributed by atoms with Gasteiger partial charge in [0, 0.05) is 30.2 Å². The number of carbonyl (C=O) groups excluding carboxylic acids is 1. The first kappa shape index (κ1) is 19.5. The molecule has 2 aromatic heterocycles. The molecule has 1 atom stereocenters. The quantitative estimate of drug-likeness (QED) is 0.672. The topological polar surface area (TPSA) is 93.4 Å². The van der Waals surface area contributed by atoms with Crippen molar-refractivity contribution < 1.29 is 9.53 Å². The number of nitrogens with zero attached hydrogens (tertiary/aromatic N) is 3. The lowest BCUT2D eigenvalue weighted by atomic mass is 10.1. The number of benzene rings is 1. The highest BCUT2D eigenvalue weighted by Gasteiger charge is 2.19. The Morgan fingerprint density at radius 1 is 1.34 bits per heavy atom. The van der Waals surface area contributed by atoms with Crippen molar-refractivity contribution in [1.82, 2.24) is 15.1 Å². The molecule has 1 aliphatic heterocycles. The molecule has 2 amide bonds. The zero-order valence-electron chi connectivity index (χ0n) is 16.2. The summed E-state index contributed by atoms with van der Waals surface area (Å²) in [5, 5.41) is 10.8. The van der Waals surface area contributed by atoms with Gasteiger partial charge in [0.15, 0.2) is 0 Å². The van der Waals surface area contributed by atoms with Gasteiger partial charge in [-0.15, -0.1) is 16.4 Å². The van der Waals surface area contributed by atoms with Crippen LogP contribution in [-0.2, 0) is 11.3 Å². The zero-order valence-corrected chi connectivity index (χ0v) is 17.0. The molecule has 0 bridgehead atoms. The highest BCUT2D eigenvalue weighted by atomic mass is 32.1. The van der Waals surface area contributed by atoms with Crippen LogP contribution in [0.2, 0.25) is 0 Å². The van der Waals surface area contributed by atoms with E-state index in [1.165, 1.54) is 5.56 Å². The molecule has 0 aliphatic carbocycles. The number of anilines is 1. The third-order valence-corrected chi connectivity index (χ3v) is 6.13. The Balaban J connectivity index is 1.58. The number of urea groups is 1. The van der Waals surface area contributed by atoms with Gasteiger partial charge in [-0.25, -0.2) is 4.79 Å². The van der Waals surface area contributed by atoms with E-state index in [-0.39, 0.29) is 0 Å². The van der Waals surface area contributed by atoms with Crippen molar-refractivity contribution in [3.63, 3.8) is 0 Å². The zero-order chi connectivity index (χ0) is 20.2. The van der Waals surface area contributed by atoms with Gasteiger partial charge in [-0.1, -0.05) is 24.3 Å².